The molecule has 48 valence electrons. The van der Waals surface area contributed by atoms with Gasteiger partial charge in [-0.25, -0.2) is 0 Å². The quantitative estimate of drug-likeness (QED) is 0.613. The van der Waals surface area contributed by atoms with E-state index in [4.69, 9.17) is 0 Å². The molecule has 0 saturated heterocycles. The van der Waals surface area contributed by atoms with E-state index < -0.39 is 0 Å². The summed E-state index contributed by atoms with van der Waals surface area (Å²) in [5.41, 5.74) is 0. The number of rotatable bonds is 3. The van der Waals surface area contributed by atoms with E-state index in [0.29, 0.717) is 0 Å². The van der Waals surface area contributed by atoms with Crippen LogP contribution in [0.5, 0.6) is 0 Å². The summed E-state index contributed by atoms with van der Waals surface area (Å²) in [4.78, 5) is 10.4. The fraction of sp³-hybridized carbons (Fsp3) is 0.800. The molecule has 0 bridgehead atoms. The highest BCUT2D eigenvalue weighted by molar-refractivity contribution is 7.99. The lowest BCUT2D eigenvalue weighted by Gasteiger charge is -2.00. The van der Waals surface area contributed by atoms with Crippen molar-refractivity contribution in [2.45, 2.75) is 6.92 Å². The van der Waals surface area contributed by atoms with Gasteiger partial charge in [0.2, 0.25) is 0 Å². The first-order valence-electron chi connectivity index (χ1n) is 2.40. The molecule has 0 fully saturated rings. The second-order valence-corrected chi connectivity index (χ2v) is 3.05. The van der Waals surface area contributed by atoms with E-state index in [0.717, 1.165) is 5.75 Å². The highest BCUT2D eigenvalue weighted by Crippen LogP contribution is 2.06. The molecule has 0 spiro atoms. The lowest BCUT2D eigenvalue weighted by atomic mass is 10.2. The summed E-state index contributed by atoms with van der Waals surface area (Å²) < 4.78 is 0. The van der Waals surface area contributed by atoms with Crippen LogP contribution < -0.4 is 0 Å². The monoisotopic (exact) mass is 150 g/mol. The van der Waals surface area contributed by atoms with E-state index in [2.05, 4.69) is 12.6 Å². The Kier molecular flexibility index (Phi) is 4.47. The summed E-state index contributed by atoms with van der Waals surface area (Å²) in [5, 5.41) is -0.0145. The van der Waals surface area contributed by atoms with Crippen molar-refractivity contribution < 1.29 is 4.79 Å². The maximum absolute atomic E-state index is 10.4. The third-order valence-corrected chi connectivity index (χ3v) is 2.11. The van der Waals surface area contributed by atoms with Crippen LogP contribution in [0.3, 0.4) is 0 Å². The van der Waals surface area contributed by atoms with Crippen LogP contribution in [0, 0.1) is 5.92 Å². The Balaban J connectivity index is 3.32. The second-order valence-electron chi connectivity index (χ2n) is 1.69. The Morgan fingerprint density at radius 2 is 2.38 bits per heavy atom. The molecule has 0 saturated carbocycles. The SMILES string of the molecule is CSCC(C)C(=O)S. The predicted octanol–water partition coefficient (Wildman–Crippen LogP) is 1.44. The van der Waals surface area contributed by atoms with Crippen molar-refractivity contribution in [2.75, 3.05) is 12.0 Å². The maximum atomic E-state index is 10.4. The van der Waals surface area contributed by atoms with Crippen molar-refractivity contribution in [2.24, 2.45) is 5.92 Å². The Bertz CT molecular complexity index is 82.5. The molecule has 0 aliphatic heterocycles. The fourth-order valence-electron chi connectivity index (χ4n) is 0.321. The average molecular weight is 150 g/mol. The lowest BCUT2D eigenvalue weighted by Crippen LogP contribution is -2.05. The molecule has 0 aliphatic carbocycles. The summed E-state index contributed by atoms with van der Waals surface area (Å²) in [6, 6.07) is 0. The number of hydrogen-bond acceptors (Lipinski definition) is 2. The van der Waals surface area contributed by atoms with Crippen molar-refractivity contribution in [1.82, 2.24) is 0 Å². The van der Waals surface area contributed by atoms with Crippen LogP contribution in [-0.2, 0) is 4.79 Å². The molecule has 0 aliphatic rings. The zero-order chi connectivity index (χ0) is 6.57. The molecule has 0 radical (unpaired) electrons. The van der Waals surface area contributed by atoms with Gasteiger partial charge in [0.15, 0.2) is 5.12 Å². The standard InChI is InChI=1S/C5H10OS2/c1-4(3-8-2)5(6)7/h4H,3H2,1-2H3,(H,6,7). The van der Waals surface area contributed by atoms with Crippen LogP contribution >= 0.6 is 24.4 Å². The maximum Gasteiger partial charge on any atom is 0.189 e. The van der Waals surface area contributed by atoms with Crippen LogP contribution in [-0.4, -0.2) is 17.1 Å². The van der Waals surface area contributed by atoms with E-state index in [1.807, 2.05) is 13.2 Å². The first kappa shape index (κ1) is 8.37. The van der Waals surface area contributed by atoms with Crippen molar-refractivity contribution >= 4 is 29.5 Å². The minimum Gasteiger partial charge on any atom is -0.287 e. The highest BCUT2D eigenvalue weighted by Gasteiger charge is 2.05. The molecule has 1 unspecified atom stereocenters. The normalized spacial score (nSPS) is 13.4. The van der Waals surface area contributed by atoms with Crippen LogP contribution in [0.15, 0.2) is 0 Å². The zero-order valence-corrected chi connectivity index (χ0v) is 6.76. The van der Waals surface area contributed by atoms with Gasteiger partial charge in [-0.15, -0.1) is 12.6 Å². The number of carbonyl (C=O) groups is 1. The minimum atomic E-state index is -0.0145. The van der Waals surface area contributed by atoms with Gasteiger partial charge in [-0.3, -0.25) is 4.79 Å². The van der Waals surface area contributed by atoms with Gasteiger partial charge >= 0.3 is 0 Å². The largest absolute Gasteiger partial charge is 0.287 e. The van der Waals surface area contributed by atoms with E-state index in [-0.39, 0.29) is 11.0 Å². The van der Waals surface area contributed by atoms with Crippen LogP contribution in [0.25, 0.3) is 0 Å². The number of thioether (sulfide) groups is 1. The lowest BCUT2D eigenvalue weighted by molar-refractivity contribution is -0.113. The molecule has 0 heterocycles. The molecule has 0 aromatic rings. The molecular weight excluding hydrogens is 140 g/mol. The molecule has 1 nitrogen and oxygen atoms in total. The average Bonchev–Trinajstić information content (AvgIpc) is 1.67. The molecule has 3 heteroatoms. The topological polar surface area (TPSA) is 17.1 Å². The molecule has 0 rings (SSSR count). The predicted molar refractivity (Wildman–Crippen MR) is 41.5 cm³/mol. The molecule has 8 heavy (non-hydrogen) atoms. The Hall–Kier alpha value is 0.370. The van der Waals surface area contributed by atoms with Gasteiger partial charge in [0, 0.05) is 11.7 Å². The van der Waals surface area contributed by atoms with Gasteiger partial charge in [-0.2, -0.15) is 11.8 Å². The number of thiol groups is 1. The van der Waals surface area contributed by atoms with Gasteiger partial charge < -0.3 is 0 Å². The van der Waals surface area contributed by atoms with Crippen LogP contribution in [0.4, 0.5) is 0 Å². The van der Waals surface area contributed by atoms with Gasteiger partial charge in [-0.1, -0.05) is 6.92 Å². The van der Waals surface area contributed by atoms with Crippen molar-refractivity contribution in [3.63, 3.8) is 0 Å². The first-order chi connectivity index (χ1) is 3.68. The fourth-order valence-corrected chi connectivity index (χ4v) is 1.19. The smallest absolute Gasteiger partial charge is 0.189 e. The summed E-state index contributed by atoms with van der Waals surface area (Å²) >= 11 is 5.34. The molecule has 1 atom stereocenters. The zero-order valence-electron chi connectivity index (χ0n) is 5.05. The van der Waals surface area contributed by atoms with Crippen molar-refractivity contribution in [3.05, 3.63) is 0 Å². The Morgan fingerprint density at radius 3 is 2.50 bits per heavy atom. The summed E-state index contributed by atoms with van der Waals surface area (Å²) in [5.74, 6) is 0.982. The van der Waals surface area contributed by atoms with Gasteiger partial charge in [0.1, 0.15) is 0 Å². The van der Waals surface area contributed by atoms with E-state index in [9.17, 15) is 4.79 Å². The van der Waals surface area contributed by atoms with Crippen LogP contribution in [0.2, 0.25) is 0 Å². The Morgan fingerprint density at radius 1 is 1.88 bits per heavy atom. The molecule has 0 amide bonds. The van der Waals surface area contributed by atoms with E-state index in [1.54, 1.807) is 11.8 Å². The third kappa shape index (κ3) is 3.38. The Labute approximate surface area is 59.6 Å². The highest BCUT2D eigenvalue weighted by atomic mass is 32.2. The number of carbonyl (C=O) groups excluding carboxylic acids is 1. The summed E-state index contributed by atoms with van der Waals surface area (Å²) in [6.45, 7) is 1.88. The second kappa shape index (κ2) is 4.27. The minimum absolute atomic E-state index is 0.0145. The van der Waals surface area contributed by atoms with Gasteiger partial charge in [-0.05, 0) is 6.26 Å². The van der Waals surface area contributed by atoms with Gasteiger partial charge in [0.05, 0.1) is 0 Å². The van der Waals surface area contributed by atoms with Gasteiger partial charge in [0.25, 0.3) is 0 Å². The van der Waals surface area contributed by atoms with E-state index >= 15 is 0 Å². The summed E-state index contributed by atoms with van der Waals surface area (Å²) in [7, 11) is 0. The first-order valence-corrected chi connectivity index (χ1v) is 4.24. The van der Waals surface area contributed by atoms with Crippen molar-refractivity contribution in [3.8, 4) is 0 Å². The molecular formula is C5H10OS2. The van der Waals surface area contributed by atoms with Crippen LogP contribution in [0.1, 0.15) is 6.92 Å². The summed E-state index contributed by atoms with van der Waals surface area (Å²) in [6.07, 6.45) is 1.98. The van der Waals surface area contributed by atoms with Crippen molar-refractivity contribution in [1.29, 1.82) is 0 Å². The number of hydrogen-bond donors (Lipinski definition) is 1. The van der Waals surface area contributed by atoms with E-state index in [1.165, 1.54) is 0 Å². The molecule has 0 aromatic carbocycles. The molecule has 0 N–H and O–H groups in total. The molecule has 0 aromatic heterocycles. The third-order valence-electron chi connectivity index (χ3n) is 0.838.